The van der Waals surface area contributed by atoms with Crippen molar-refractivity contribution in [2.24, 2.45) is 0 Å². The predicted octanol–water partition coefficient (Wildman–Crippen LogP) is 2.47. The molecule has 0 bridgehead atoms. The summed E-state index contributed by atoms with van der Waals surface area (Å²) in [6.45, 7) is 0. The van der Waals surface area contributed by atoms with E-state index in [0.29, 0.717) is 0 Å². The fourth-order valence-corrected chi connectivity index (χ4v) is 0.340. The van der Waals surface area contributed by atoms with E-state index in [1.54, 1.807) is 0 Å². The van der Waals surface area contributed by atoms with Gasteiger partial charge < -0.3 is 6.08 Å². The summed E-state index contributed by atoms with van der Waals surface area (Å²) in [6.07, 6.45) is 16.0. The molecular weight excluding hydrogens is 176 g/mol. The van der Waals surface area contributed by atoms with Crippen molar-refractivity contribution in [1.29, 1.82) is 0 Å². The molecule has 0 aromatic rings. The molecule has 2 aliphatic rings. The Kier molecular flexibility index (Phi) is 12.2. The number of halogens is 1. The Balaban J connectivity index is 0. The van der Waals surface area contributed by atoms with Gasteiger partial charge in [-0.2, -0.15) is 6.08 Å². The minimum absolute atomic E-state index is 0. The summed E-state index contributed by atoms with van der Waals surface area (Å²) in [5.74, 6) is 0. The third-order valence-electron chi connectivity index (χ3n) is 0.790. The molecule has 2 rings (SSSR count). The Hall–Kier alpha value is 0.380. The van der Waals surface area contributed by atoms with Gasteiger partial charge in [0.05, 0.1) is 0 Å². The van der Waals surface area contributed by atoms with Gasteiger partial charge in [-0.15, -0.1) is 18.8 Å². The van der Waals surface area contributed by atoms with Gasteiger partial charge in [-0.3, -0.25) is 12.2 Å². The molecule has 0 atom stereocenters. The van der Waals surface area contributed by atoms with Crippen LogP contribution in [0.5, 0.6) is 0 Å². The zero-order chi connectivity index (χ0) is 5.66. The minimum atomic E-state index is 0. The van der Waals surface area contributed by atoms with Crippen LogP contribution in [0, 0.1) is 12.2 Å². The van der Waals surface area contributed by atoms with Crippen LogP contribution in [-0.4, -0.2) is 0 Å². The molecule has 0 saturated heterocycles. The summed E-state index contributed by atoms with van der Waals surface area (Å²) in [7, 11) is 0. The summed E-state index contributed by atoms with van der Waals surface area (Å²) < 4.78 is 0. The van der Waals surface area contributed by atoms with Crippen LogP contribution in [0.3, 0.4) is 0 Å². The van der Waals surface area contributed by atoms with Crippen molar-refractivity contribution in [2.45, 2.75) is 12.8 Å². The minimum Gasteiger partial charge on any atom is -0.502 e. The smallest absolute Gasteiger partial charge is 0 e. The Labute approximate surface area is 87.3 Å². The van der Waals surface area contributed by atoms with Gasteiger partial charge in [-0.05, 0) is 0 Å². The maximum absolute atomic E-state index is 2.99. The van der Waals surface area contributed by atoms with E-state index < -0.39 is 0 Å². The van der Waals surface area contributed by atoms with Gasteiger partial charge >= 0.3 is 0 Å². The van der Waals surface area contributed by atoms with Crippen LogP contribution in [0.2, 0.25) is 0 Å². The third kappa shape index (κ3) is 11.2. The van der Waals surface area contributed by atoms with Crippen LogP contribution in [0.1, 0.15) is 12.8 Å². The second kappa shape index (κ2) is 9.38. The first-order chi connectivity index (χ1) is 4.00. The second-order valence-electron chi connectivity index (χ2n) is 1.62. The van der Waals surface area contributed by atoms with Crippen LogP contribution < -0.4 is 0 Å². The fourth-order valence-electron chi connectivity index (χ4n) is 0.340. The first-order valence-corrected chi connectivity index (χ1v) is 2.77. The van der Waals surface area contributed by atoms with Crippen LogP contribution in [0.25, 0.3) is 0 Å². The van der Waals surface area contributed by atoms with Crippen molar-refractivity contribution in [3.05, 3.63) is 36.5 Å². The fraction of sp³-hybridized carbons (Fsp3) is 0.250. The largest absolute Gasteiger partial charge is 0.502 e. The molecule has 0 heterocycles. The molecule has 0 nitrogen and oxygen atoms in total. The summed E-state index contributed by atoms with van der Waals surface area (Å²) >= 11 is 0. The van der Waals surface area contributed by atoms with E-state index in [-0.39, 0.29) is 38.3 Å². The molecular formula is C8H9ClSc-2. The molecule has 2 heteroatoms. The molecule has 0 saturated carbocycles. The number of allylic oxidation sites excluding steroid dienone is 6. The average molecular weight is 186 g/mol. The number of hydrogen-bond donors (Lipinski definition) is 0. The molecule has 0 aromatic carbocycles. The maximum atomic E-state index is 2.99. The Morgan fingerprint density at radius 1 is 1.10 bits per heavy atom. The SMILES string of the molecule is Cl.[C-]1=CC1.[C-]1=CC=CC1.[Sc]. The zero-order valence-corrected chi connectivity index (χ0v) is 8.33. The Morgan fingerprint density at radius 2 is 1.70 bits per heavy atom. The van der Waals surface area contributed by atoms with E-state index >= 15 is 0 Å². The third-order valence-corrected chi connectivity index (χ3v) is 0.790. The molecule has 10 heavy (non-hydrogen) atoms. The van der Waals surface area contributed by atoms with Crippen LogP contribution in [0.15, 0.2) is 24.3 Å². The van der Waals surface area contributed by atoms with E-state index in [2.05, 4.69) is 18.2 Å². The van der Waals surface area contributed by atoms with Crippen LogP contribution in [0.4, 0.5) is 0 Å². The average Bonchev–Trinajstić information content (AvgIpc) is 2.55. The van der Waals surface area contributed by atoms with Crippen molar-refractivity contribution < 1.29 is 25.8 Å². The summed E-state index contributed by atoms with van der Waals surface area (Å²) in [4.78, 5) is 0. The second-order valence-corrected chi connectivity index (χ2v) is 1.62. The van der Waals surface area contributed by atoms with Gasteiger partial charge in [0, 0.05) is 25.8 Å². The Morgan fingerprint density at radius 3 is 1.80 bits per heavy atom. The quantitative estimate of drug-likeness (QED) is 0.509. The van der Waals surface area contributed by atoms with Gasteiger partial charge in [0.25, 0.3) is 0 Å². The predicted molar refractivity (Wildman–Crippen MR) is 41.2 cm³/mol. The first-order valence-electron chi connectivity index (χ1n) is 2.77. The zero-order valence-electron chi connectivity index (χ0n) is 5.71. The van der Waals surface area contributed by atoms with Gasteiger partial charge in [0.1, 0.15) is 0 Å². The maximum Gasteiger partial charge on any atom is 0 e. The topological polar surface area (TPSA) is 0 Å². The summed E-state index contributed by atoms with van der Waals surface area (Å²) in [5.41, 5.74) is 0. The Bertz CT molecular complexity index is 122. The normalized spacial score (nSPS) is 14.4. The molecule has 0 spiro atoms. The van der Waals surface area contributed by atoms with Gasteiger partial charge in [0.15, 0.2) is 0 Å². The molecule has 2 aliphatic carbocycles. The van der Waals surface area contributed by atoms with Crippen LogP contribution >= 0.6 is 12.4 Å². The van der Waals surface area contributed by atoms with Crippen LogP contribution in [-0.2, 0) is 25.8 Å². The number of rotatable bonds is 0. The van der Waals surface area contributed by atoms with Crippen molar-refractivity contribution in [2.75, 3.05) is 0 Å². The van der Waals surface area contributed by atoms with E-state index in [1.807, 2.05) is 18.2 Å². The van der Waals surface area contributed by atoms with E-state index in [4.69, 9.17) is 0 Å². The molecule has 0 amide bonds. The molecule has 0 aliphatic heterocycles. The molecule has 0 unspecified atom stereocenters. The van der Waals surface area contributed by atoms with E-state index in [0.717, 1.165) is 12.8 Å². The summed E-state index contributed by atoms with van der Waals surface area (Å²) in [6, 6.07) is 0. The van der Waals surface area contributed by atoms with Crippen molar-refractivity contribution in [1.82, 2.24) is 0 Å². The van der Waals surface area contributed by atoms with Gasteiger partial charge in [-0.1, -0.05) is 0 Å². The monoisotopic (exact) mass is 185 g/mol. The van der Waals surface area contributed by atoms with Crippen molar-refractivity contribution >= 4 is 12.4 Å². The van der Waals surface area contributed by atoms with Crippen molar-refractivity contribution in [3.63, 3.8) is 0 Å². The molecule has 0 aromatic heterocycles. The first kappa shape index (κ1) is 13.0. The summed E-state index contributed by atoms with van der Waals surface area (Å²) in [5, 5.41) is 0. The molecule has 0 fully saturated rings. The van der Waals surface area contributed by atoms with Gasteiger partial charge in [0.2, 0.25) is 0 Å². The van der Waals surface area contributed by atoms with E-state index in [9.17, 15) is 0 Å². The number of hydrogen-bond acceptors (Lipinski definition) is 0. The van der Waals surface area contributed by atoms with E-state index in [1.165, 1.54) is 0 Å². The molecule has 1 radical (unpaired) electrons. The standard InChI is InChI=1S/C5H5.C3H3.ClH.Sc/c1-2-4-5-3-1;1-2-3-1;;/h1-3H,4H2;1H,2H2;1H;/q2*-1;;. The molecule has 0 N–H and O–H groups in total. The van der Waals surface area contributed by atoms with Gasteiger partial charge in [-0.25, -0.2) is 18.6 Å². The van der Waals surface area contributed by atoms with Crippen molar-refractivity contribution in [3.8, 4) is 0 Å². The molecule has 53 valence electrons.